The maximum atomic E-state index is 12.7. The highest BCUT2D eigenvalue weighted by molar-refractivity contribution is 5.39. The van der Waals surface area contributed by atoms with Crippen molar-refractivity contribution in [3.05, 3.63) is 23.5 Å². The molecule has 0 spiro atoms. The van der Waals surface area contributed by atoms with Gasteiger partial charge in [-0.15, -0.1) is 0 Å². The highest BCUT2D eigenvalue weighted by atomic mass is 19.4. The molecule has 0 atom stereocenters. The summed E-state index contributed by atoms with van der Waals surface area (Å²) >= 11 is 0. The molecule has 2 rings (SSSR count). The van der Waals surface area contributed by atoms with Gasteiger partial charge >= 0.3 is 6.18 Å². The Morgan fingerprint density at radius 2 is 1.83 bits per heavy atom. The van der Waals surface area contributed by atoms with E-state index < -0.39 is 17.3 Å². The minimum atomic E-state index is -4.42. The molecule has 1 aromatic heterocycles. The number of hydrogen-bond acceptors (Lipinski definition) is 2. The second-order valence-electron chi connectivity index (χ2n) is 5.63. The summed E-state index contributed by atoms with van der Waals surface area (Å²) in [4.78, 5) is 3.45. The smallest absolute Gasteiger partial charge is 0.433 e. The van der Waals surface area contributed by atoms with Crippen molar-refractivity contribution in [2.24, 2.45) is 0 Å². The lowest BCUT2D eigenvalue weighted by atomic mass is 9.86. The molecule has 100 valence electrons. The van der Waals surface area contributed by atoms with Gasteiger partial charge in [-0.3, -0.25) is 0 Å². The molecule has 0 radical (unpaired) electrons. The summed E-state index contributed by atoms with van der Waals surface area (Å²) in [6, 6.07) is 1.09. The fourth-order valence-electron chi connectivity index (χ4n) is 1.64. The summed E-state index contributed by atoms with van der Waals surface area (Å²) in [5.41, 5.74) is -0.722. The number of nitrogens with zero attached hydrogens (tertiary/aromatic N) is 1. The Hall–Kier alpha value is -1.26. The molecule has 1 aromatic rings. The topological polar surface area (TPSA) is 22.1 Å². The van der Waals surface area contributed by atoms with Gasteiger partial charge in [-0.05, 0) is 24.3 Å². The summed E-state index contributed by atoms with van der Waals surface area (Å²) in [5.74, 6) is 0.470. The molecule has 0 saturated heterocycles. The quantitative estimate of drug-likeness (QED) is 0.802. The van der Waals surface area contributed by atoms with Gasteiger partial charge in [-0.25, -0.2) is 4.98 Å². The van der Waals surface area contributed by atoms with Crippen LogP contribution in [0.3, 0.4) is 0 Å². The van der Waals surface area contributed by atoms with Crippen LogP contribution in [0.2, 0.25) is 0 Å². The summed E-state index contributed by atoms with van der Waals surface area (Å²) in [6.07, 6.45) is -1.15. The van der Waals surface area contributed by atoms with E-state index in [1.807, 2.05) is 20.8 Å². The first kappa shape index (κ1) is 13.2. The standard InChI is InChI=1S/C13H16F3NO/c1-12(2,3)9-6-11(13(14,15)16)17-7-10(9)18-8-4-5-8/h6-8H,4-5H2,1-3H3. The van der Waals surface area contributed by atoms with Crippen molar-refractivity contribution in [2.45, 2.75) is 51.3 Å². The van der Waals surface area contributed by atoms with Gasteiger partial charge in [-0.2, -0.15) is 13.2 Å². The molecule has 0 unspecified atom stereocenters. The van der Waals surface area contributed by atoms with Gasteiger partial charge in [0.15, 0.2) is 0 Å². The van der Waals surface area contributed by atoms with Crippen LogP contribution in [0.15, 0.2) is 12.3 Å². The van der Waals surface area contributed by atoms with E-state index in [-0.39, 0.29) is 6.10 Å². The third kappa shape index (κ3) is 2.94. The highest BCUT2D eigenvalue weighted by Gasteiger charge is 2.35. The van der Waals surface area contributed by atoms with Gasteiger partial charge in [0.25, 0.3) is 0 Å². The Labute approximate surface area is 104 Å². The minimum absolute atomic E-state index is 0.143. The van der Waals surface area contributed by atoms with E-state index in [1.165, 1.54) is 6.20 Å². The van der Waals surface area contributed by atoms with E-state index in [4.69, 9.17) is 4.74 Å². The highest BCUT2D eigenvalue weighted by Crippen LogP contribution is 2.38. The third-order valence-corrected chi connectivity index (χ3v) is 2.78. The third-order valence-electron chi connectivity index (χ3n) is 2.78. The van der Waals surface area contributed by atoms with E-state index in [9.17, 15) is 13.2 Å². The Bertz CT molecular complexity index is 445. The van der Waals surface area contributed by atoms with Crippen molar-refractivity contribution in [1.29, 1.82) is 0 Å². The predicted octanol–water partition coefficient (Wildman–Crippen LogP) is 3.94. The Balaban J connectivity index is 2.41. The SMILES string of the molecule is CC(C)(C)c1cc(C(F)(F)F)ncc1OC1CC1. The van der Waals surface area contributed by atoms with E-state index >= 15 is 0 Å². The molecule has 2 nitrogen and oxygen atoms in total. The summed E-state index contributed by atoms with van der Waals surface area (Å²) < 4.78 is 43.6. The van der Waals surface area contributed by atoms with E-state index in [2.05, 4.69) is 4.98 Å². The maximum absolute atomic E-state index is 12.7. The lowest BCUT2D eigenvalue weighted by Crippen LogP contribution is -2.17. The number of pyridine rings is 1. The summed E-state index contributed by atoms with van der Waals surface area (Å²) in [7, 11) is 0. The average molecular weight is 259 g/mol. The van der Waals surface area contributed by atoms with Crippen molar-refractivity contribution >= 4 is 0 Å². The molecule has 1 aliphatic rings. The number of ether oxygens (including phenoxy) is 1. The molecular formula is C13H16F3NO. The first-order valence-corrected chi connectivity index (χ1v) is 5.92. The lowest BCUT2D eigenvalue weighted by Gasteiger charge is -2.23. The monoisotopic (exact) mass is 259 g/mol. The molecule has 18 heavy (non-hydrogen) atoms. The van der Waals surface area contributed by atoms with Crippen molar-refractivity contribution in [3.63, 3.8) is 0 Å². The summed E-state index contributed by atoms with van der Waals surface area (Å²) in [5, 5.41) is 0. The van der Waals surface area contributed by atoms with Crippen LogP contribution in [-0.2, 0) is 11.6 Å². The number of aromatic nitrogens is 1. The molecule has 0 N–H and O–H groups in total. The first-order valence-electron chi connectivity index (χ1n) is 5.92. The molecule has 0 bridgehead atoms. The van der Waals surface area contributed by atoms with Crippen LogP contribution in [0.5, 0.6) is 5.75 Å². The number of halogens is 3. The molecule has 0 aliphatic heterocycles. The zero-order valence-corrected chi connectivity index (χ0v) is 10.6. The van der Waals surface area contributed by atoms with Gasteiger partial charge in [0, 0.05) is 5.56 Å². The van der Waals surface area contributed by atoms with Crippen LogP contribution in [0.4, 0.5) is 13.2 Å². The minimum Gasteiger partial charge on any atom is -0.489 e. The van der Waals surface area contributed by atoms with Gasteiger partial charge in [0.2, 0.25) is 0 Å². The Morgan fingerprint density at radius 1 is 1.22 bits per heavy atom. The lowest BCUT2D eigenvalue weighted by molar-refractivity contribution is -0.141. The van der Waals surface area contributed by atoms with Crippen LogP contribution >= 0.6 is 0 Å². The van der Waals surface area contributed by atoms with Crippen LogP contribution in [0.1, 0.15) is 44.9 Å². The molecule has 1 fully saturated rings. The first-order chi connectivity index (χ1) is 8.18. The zero-order chi connectivity index (χ0) is 13.6. The van der Waals surface area contributed by atoms with E-state index in [0.717, 1.165) is 18.9 Å². The maximum Gasteiger partial charge on any atom is 0.433 e. The summed E-state index contributed by atoms with van der Waals surface area (Å²) in [6.45, 7) is 5.59. The zero-order valence-electron chi connectivity index (χ0n) is 10.6. The molecule has 1 saturated carbocycles. The molecule has 0 amide bonds. The average Bonchev–Trinajstić information content (AvgIpc) is 2.98. The van der Waals surface area contributed by atoms with Crippen molar-refractivity contribution < 1.29 is 17.9 Å². The van der Waals surface area contributed by atoms with Crippen LogP contribution in [0, 0.1) is 0 Å². The number of rotatable bonds is 2. The van der Waals surface area contributed by atoms with Gasteiger partial charge in [0.05, 0.1) is 12.3 Å². The molecule has 5 heteroatoms. The van der Waals surface area contributed by atoms with Crippen molar-refractivity contribution in [1.82, 2.24) is 4.98 Å². The van der Waals surface area contributed by atoms with E-state index in [0.29, 0.717) is 11.3 Å². The van der Waals surface area contributed by atoms with Gasteiger partial charge in [-0.1, -0.05) is 20.8 Å². The normalized spacial score (nSPS) is 16.8. The number of hydrogen-bond donors (Lipinski definition) is 0. The number of alkyl halides is 3. The van der Waals surface area contributed by atoms with Gasteiger partial charge < -0.3 is 4.74 Å². The fourth-order valence-corrected chi connectivity index (χ4v) is 1.64. The van der Waals surface area contributed by atoms with Crippen molar-refractivity contribution in [3.8, 4) is 5.75 Å². The molecule has 0 aromatic carbocycles. The van der Waals surface area contributed by atoms with Crippen LogP contribution in [-0.4, -0.2) is 11.1 Å². The Morgan fingerprint density at radius 3 is 2.28 bits per heavy atom. The second-order valence-corrected chi connectivity index (χ2v) is 5.63. The fraction of sp³-hybridized carbons (Fsp3) is 0.615. The second kappa shape index (κ2) is 4.14. The van der Waals surface area contributed by atoms with Gasteiger partial charge in [0.1, 0.15) is 11.4 Å². The molecule has 1 heterocycles. The van der Waals surface area contributed by atoms with Crippen LogP contribution < -0.4 is 4.74 Å². The predicted molar refractivity (Wildman–Crippen MR) is 61.6 cm³/mol. The van der Waals surface area contributed by atoms with Crippen LogP contribution in [0.25, 0.3) is 0 Å². The molecule has 1 aliphatic carbocycles. The largest absolute Gasteiger partial charge is 0.489 e. The Kier molecular flexibility index (Phi) is 3.03. The van der Waals surface area contributed by atoms with E-state index in [1.54, 1.807) is 0 Å². The van der Waals surface area contributed by atoms with Crippen molar-refractivity contribution in [2.75, 3.05) is 0 Å². The molecular weight excluding hydrogens is 243 g/mol.